The summed E-state index contributed by atoms with van der Waals surface area (Å²) < 4.78 is 17.6. The van der Waals surface area contributed by atoms with Crippen molar-refractivity contribution in [2.24, 2.45) is 16.9 Å². The summed E-state index contributed by atoms with van der Waals surface area (Å²) in [7, 11) is -0.142. The minimum absolute atomic E-state index is 0.192. The average Bonchev–Trinajstić information content (AvgIpc) is 3.42. The van der Waals surface area contributed by atoms with Gasteiger partial charge in [-0.25, -0.2) is 4.79 Å². The summed E-state index contributed by atoms with van der Waals surface area (Å²) in [6.07, 6.45) is 11.0. The molecule has 7 heteroatoms. The van der Waals surface area contributed by atoms with Crippen molar-refractivity contribution in [2.45, 2.75) is 130 Å². The first kappa shape index (κ1) is 37.8. The standard InChI is InChI=1S/C39H62N2O4Si/c1-30(2)39(6,7)46(9,10)45-36-24-20-31(21-25-36)15-12-11-13-16-33(28-40-41-26-14-17-35(41)29-43-8)27-32-18-22-34(23-19-32)37(42)44-38(3,4)5/h18-25,28,30,33,35H,11-17,26-27,29H2,1-10H3/b40-28+/t33-,35-/m0/s1. The summed E-state index contributed by atoms with van der Waals surface area (Å²) in [5, 5.41) is 7.36. The molecular weight excluding hydrogens is 589 g/mol. The smallest absolute Gasteiger partial charge is 0.338 e. The third-order valence-corrected chi connectivity index (χ3v) is 14.5. The van der Waals surface area contributed by atoms with Crippen LogP contribution in [0, 0.1) is 11.8 Å². The summed E-state index contributed by atoms with van der Waals surface area (Å²) in [4.78, 5) is 12.5. The van der Waals surface area contributed by atoms with E-state index in [1.807, 2.05) is 32.9 Å². The fourth-order valence-corrected chi connectivity index (χ4v) is 8.30. The van der Waals surface area contributed by atoms with E-state index in [0.717, 1.165) is 63.8 Å². The Morgan fingerprint density at radius 3 is 2.24 bits per heavy atom. The summed E-state index contributed by atoms with van der Waals surface area (Å²) in [6, 6.07) is 17.1. The van der Waals surface area contributed by atoms with Gasteiger partial charge in [0.05, 0.1) is 18.2 Å². The zero-order valence-electron chi connectivity index (χ0n) is 30.5. The highest BCUT2D eigenvalue weighted by Crippen LogP contribution is 2.44. The van der Waals surface area contributed by atoms with Gasteiger partial charge in [-0.05, 0) is 119 Å². The Labute approximate surface area is 281 Å². The van der Waals surface area contributed by atoms with Crippen LogP contribution in [0.3, 0.4) is 0 Å². The second kappa shape index (κ2) is 17.0. The number of esters is 1. The fraction of sp³-hybridized carbons (Fsp3) is 0.641. The maximum atomic E-state index is 12.5. The third-order valence-electron chi connectivity index (χ3n) is 10.0. The van der Waals surface area contributed by atoms with Crippen LogP contribution in [-0.2, 0) is 22.3 Å². The number of unbranched alkanes of at least 4 members (excludes halogenated alkanes) is 2. The van der Waals surface area contributed by atoms with Gasteiger partial charge in [0, 0.05) is 25.8 Å². The second-order valence-corrected chi connectivity index (χ2v) is 20.1. The molecular formula is C39H62N2O4Si. The Kier molecular flexibility index (Phi) is 13.9. The van der Waals surface area contributed by atoms with Gasteiger partial charge in [0.1, 0.15) is 11.4 Å². The van der Waals surface area contributed by atoms with Crippen molar-refractivity contribution >= 4 is 20.5 Å². The van der Waals surface area contributed by atoms with E-state index in [-0.39, 0.29) is 11.0 Å². The molecule has 1 aliphatic rings. The Balaban J connectivity index is 1.55. The van der Waals surface area contributed by atoms with Crippen LogP contribution in [0.4, 0.5) is 0 Å². The van der Waals surface area contributed by atoms with E-state index in [0.29, 0.717) is 23.4 Å². The maximum absolute atomic E-state index is 12.5. The SMILES string of the molecule is COC[C@@H]1CCCN1/N=C/[C@@H](CCCCCc1ccc(O[Si](C)(C)C(C)(C)C(C)C)cc1)Cc1ccc(C(=O)OC(C)(C)C)cc1. The number of hydrogen-bond donors (Lipinski definition) is 0. The zero-order chi connectivity index (χ0) is 34.0. The number of carbonyl (C=O) groups is 1. The first-order valence-corrected chi connectivity index (χ1v) is 20.4. The maximum Gasteiger partial charge on any atom is 0.338 e. The van der Waals surface area contributed by atoms with Crippen molar-refractivity contribution in [3.05, 3.63) is 65.2 Å². The summed E-state index contributed by atoms with van der Waals surface area (Å²) in [5.74, 6) is 1.63. The Morgan fingerprint density at radius 1 is 0.978 bits per heavy atom. The van der Waals surface area contributed by atoms with Crippen molar-refractivity contribution in [3.63, 3.8) is 0 Å². The molecule has 0 unspecified atom stereocenters. The quantitative estimate of drug-likeness (QED) is 0.0738. The predicted molar refractivity (Wildman–Crippen MR) is 195 cm³/mol. The largest absolute Gasteiger partial charge is 0.543 e. The van der Waals surface area contributed by atoms with Crippen molar-refractivity contribution in [1.29, 1.82) is 0 Å². The molecule has 0 amide bonds. The Bertz CT molecular complexity index is 1230. The first-order valence-electron chi connectivity index (χ1n) is 17.5. The molecule has 1 saturated heterocycles. The van der Waals surface area contributed by atoms with Gasteiger partial charge < -0.3 is 13.9 Å². The number of ether oxygens (including phenoxy) is 2. The van der Waals surface area contributed by atoms with Crippen molar-refractivity contribution in [2.75, 3.05) is 20.3 Å². The fourth-order valence-electron chi connectivity index (χ4n) is 5.92. The van der Waals surface area contributed by atoms with E-state index in [9.17, 15) is 4.79 Å². The van der Waals surface area contributed by atoms with Crippen molar-refractivity contribution < 1.29 is 18.7 Å². The molecule has 0 radical (unpaired) electrons. The number of hydrogen-bond acceptors (Lipinski definition) is 6. The molecule has 2 aromatic carbocycles. The molecule has 1 heterocycles. The van der Waals surface area contributed by atoms with E-state index >= 15 is 0 Å². The monoisotopic (exact) mass is 650 g/mol. The lowest BCUT2D eigenvalue weighted by atomic mass is 9.93. The van der Waals surface area contributed by atoms with Gasteiger partial charge >= 0.3 is 5.97 Å². The first-order chi connectivity index (χ1) is 21.6. The number of aryl methyl sites for hydroxylation is 1. The van der Waals surface area contributed by atoms with Gasteiger partial charge in [-0.1, -0.05) is 64.8 Å². The third kappa shape index (κ3) is 11.6. The van der Waals surface area contributed by atoms with Crippen LogP contribution in [-0.4, -0.2) is 57.4 Å². The van der Waals surface area contributed by atoms with Crippen LogP contribution < -0.4 is 4.43 Å². The van der Waals surface area contributed by atoms with Crippen LogP contribution in [0.1, 0.15) is 108 Å². The van der Waals surface area contributed by atoms with Gasteiger partial charge in [-0.15, -0.1) is 0 Å². The molecule has 6 nitrogen and oxygen atoms in total. The van der Waals surface area contributed by atoms with Gasteiger partial charge in [0.25, 0.3) is 8.32 Å². The van der Waals surface area contributed by atoms with Gasteiger partial charge in [-0.3, -0.25) is 5.01 Å². The second-order valence-electron chi connectivity index (χ2n) is 15.6. The predicted octanol–water partition coefficient (Wildman–Crippen LogP) is 9.72. The van der Waals surface area contributed by atoms with Crippen LogP contribution in [0.5, 0.6) is 5.75 Å². The summed E-state index contributed by atoms with van der Waals surface area (Å²) in [5.41, 5.74) is 2.67. The lowest BCUT2D eigenvalue weighted by molar-refractivity contribution is 0.00694. The average molecular weight is 651 g/mol. The highest BCUT2D eigenvalue weighted by Gasteiger charge is 2.44. The van der Waals surface area contributed by atoms with Gasteiger partial charge in [-0.2, -0.15) is 5.10 Å². The van der Waals surface area contributed by atoms with Crippen LogP contribution in [0.2, 0.25) is 18.1 Å². The molecule has 0 aromatic heterocycles. The van der Waals surface area contributed by atoms with Gasteiger partial charge in [0.15, 0.2) is 0 Å². The topological polar surface area (TPSA) is 60.4 Å². The highest BCUT2D eigenvalue weighted by molar-refractivity contribution is 6.75. The molecule has 0 N–H and O–H groups in total. The molecule has 46 heavy (non-hydrogen) atoms. The number of methoxy groups -OCH3 is 1. The Hall–Kier alpha value is -2.64. The number of carbonyl (C=O) groups excluding carboxylic acids is 1. The number of hydrazone groups is 1. The molecule has 0 saturated carbocycles. The Morgan fingerprint density at radius 2 is 1.63 bits per heavy atom. The minimum atomic E-state index is -1.91. The van der Waals surface area contributed by atoms with E-state index in [2.05, 4.69) is 88.4 Å². The molecule has 2 aromatic rings. The lowest BCUT2D eigenvalue weighted by Gasteiger charge is -2.42. The van der Waals surface area contributed by atoms with Crippen LogP contribution >= 0.6 is 0 Å². The van der Waals surface area contributed by atoms with E-state index < -0.39 is 13.9 Å². The van der Waals surface area contributed by atoms with Crippen molar-refractivity contribution in [1.82, 2.24) is 5.01 Å². The molecule has 1 aliphatic heterocycles. The van der Waals surface area contributed by atoms with E-state index in [1.165, 1.54) is 17.5 Å². The lowest BCUT2D eigenvalue weighted by Crippen LogP contribution is -2.47. The molecule has 0 aliphatic carbocycles. The van der Waals surface area contributed by atoms with Crippen LogP contribution in [0.15, 0.2) is 53.6 Å². The molecule has 2 atom stereocenters. The summed E-state index contributed by atoms with van der Waals surface area (Å²) >= 11 is 0. The zero-order valence-corrected chi connectivity index (χ0v) is 31.5. The van der Waals surface area contributed by atoms with Crippen LogP contribution in [0.25, 0.3) is 0 Å². The summed E-state index contributed by atoms with van der Waals surface area (Å²) in [6.45, 7) is 21.3. The molecule has 0 spiro atoms. The number of benzene rings is 2. The molecule has 1 fully saturated rings. The van der Waals surface area contributed by atoms with Crippen molar-refractivity contribution in [3.8, 4) is 5.75 Å². The van der Waals surface area contributed by atoms with Gasteiger partial charge in [0.2, 0.25) is 0 Å². The van der Waals surface area contributed by atoms with E-state index in [1.54, 1.807) is 7.11 Å². The highest BCUT2D eigenvalue weighted by atomic mass is 28.4. The number of nitrogens with zero attached hydrogens (tertiary/aromatic N) is 2. The molecule has 256 valence electrons. The molecule has 0 bridgehead atoms. The number of rotatable bonds is 17. The minimum Gasteiger partial charge on any atom is -0.543 e. The molecule has 3 rings (SSSR count). The van der Waals surface area contributed by atoms with E-state index in [4.69, 9.17) is 19.0 Å². The normalized spacial score (nSPS) is 16.8.